The molecule has 4 saturated carbocycles. The molecule has 56 heavy (non-hydrogen) atoms. The lowest BCUT2D eigenvalue weighted by atomic mass is 9.68. The third kappa shape index (κ3) is 9.74. The molecule has 4 atom stereocenters. The van der Waals surface area contributed by atoms with Crippen molar-refractivity contribution in [1.29, 1.82) is 0 Å². The number of benzene rings is 1. The van der Waals surface area contributed by atoms with E-state index in [4.69, 9.17) is 0 Å². The molecule has 2 aliphatic heterocycles. The van der Waals surface area contributed by atoms with E-state index in [0.29, 0.717) is 21.7 Å². The number of rotatable bonds is 6. The molecular formula is C54H92P2. The quantitative estimate of drug-likeness (QED) is 0.251. The highest BCUT2D eigenvalue weighted by Crippen LogP contribution is 2.68. The molecule has 318 valence electrons. The molecule has 6 fully saturated rings. The van der Waals surface area contributed by atoms with E-state index >= 15 is 0 Å². The second-order valence-corrected chi connectivity index (χ2v) is 30.9. The van der Waals surface area contributed by atoms with Crippen LogP contribution in [-0.2, 0) is 0 Å². The van der Waals surface area contributed by atoms with Crippen LogP contribution in [0.3, 0.4) is 0 Å². The van der Waals surface area contributed by atoms with Gasteiger partial charge in [-0.3, -0.25) is 0 Å². The van der Waals surface area contributed by atoms with E-state index in [1.807, 2.05) is 10.6 Å². The van der Waals surface area contributed by atoms with Gasteiger partial charge in [-0.05, 0) is 231 Å². The highest BCUT2D eigenvalue weighted by Gasteiger charge is 2.51. The Morgan fingerprint density at radius 2 is 0.500 bits per heavy atom. The molecule has 1 aromatic rings. The molecule has 0 unspecified atom stereocenters. The summed E-state index contributed by atoms with van der Waals surface area (Å²) in [4.78, 5) is 0. The predicted octanol–water partition coefficient (Wildman–Crippen LogP) is 16.4. The normalized spacial score (nSPS) is 40.9. The molecule has 2 heterocycles. The minimum atomic E-state index is -0.137. The van der Waals surface area contributed by atoms with Gasteiger partial charge >= 0.3 is 0 Å². The third-order valence-corrected chi connectivity index (χ3v) is 26.2. The van der Waals surface area contributed by atoms with Crippen LogP contribution in [0.2, 0.25) is 0 Å². The van der Waals surface area contributed by atoms with Gasteiger partial charge in [0.1, 0.15) is 0 Å². The minimum absolute atomic E-state index is 0.137. The van der Waals surface area contributed by atoms with Crippen molar-refractivity contribution in [3.8, 4) is 0 Å². The largest absolute Gasteiger partial charge is 0.0677 e. The first kappa shape index (κ1) is 44.1. The van der Waals surface area contributed by atoms with E-state index in [1.165, 1.54) is 103 Å². The van der Waals surface area contributed by atoms with Crippen LogP contribution in [0.15, 0.2) is 24.3 Å². The topological polar surface area (TPSA) is 0 Å². The summed E-state index contributed by atoms with van der Waals surface area (Å²) in [5.41, 5.74) is 5.82. The molecular weight excluding hydrogens is 711 g/mol. The van der Waals surface area contributed by atoms with Crippen LogP contribution in [0.5, 0.6) is 0 Å². The van der Waals surface area contributed by atoms with Gasteiger partial charge in [0.15, 0.2) is 0 Å². The van der Waals surface area contributed by atoms with Crippen LogP contribution in [0.1, 0.15) is 212 Å². The highest BCUT2D eigenvalue weighted by molar-refractivity contribution is 7.73. The van der Waals surface area contributed by atoms with Gasteiger partial charge in [0, 0.05) is 0 Å². The van der Waals surface area contributed by atoms with Crippen LogP contribution in [-0.4, -0.2) is 22.6 Å². The lowest BCUT2D eigenvalue weighted by molar-refractivity contribution is 0.146. The zero-order valence-electron chi connectivity index (χ0n) is 39.3. The fourth-order valence-corrected chi connectivity index (χ4v) is 23.7. The lowest BCUT2D eigenvalue weighted by Gasteiger charge is -2.45. The maximum Gasteiger partial charge on any atom is -0.0138 e. The van der Waals surface area contributed by atoms with E-state index in [0.717, 1.165) is 70.0 Å². The van der Waals surface area contributed by atoms with Crippen molar-refractivity contribution in [3.63, 3.8) is 0 Å². The Kier molecular flexibility index (Phi) is 13.8. The molecule has 2 heteroatoms. The predicted molar refractivity (Wildman–Crippen MR) is 253 cm³/mol. The van der Waals surface area contributed by atoms with E-state index in [2.05, 4.69) is 107 Å². The Balaban J connectivity index is 1.23. The first-order chi connectivity index (χ1) is 26.3. The summed E-state index contributed by atoms with van der Waals surface area (Å²) in [6, 6.07) is 10.7. The van der Waals surface area contributed by atoms with Gasteiger partial charge in [0.2, 0.25) is 0 Å². The number of hydrogen-bond acceptors (Lipinski definition) is 0. The summed E-state index contributed by atoms with van der Waals surface area (Å²) < 4.78 is 0. The molecule has 0 nitrogen and oxygen atoms in total. The van der Waals surface area contributed by atoms with Gasteiger partial charge in [0.05, 0.1) is 0 Å². The van der Waals surface area contributed by atoms with Gasteiger partial charge in [-0.2, -0.15) is 0 Å². The summed E-state index contributed by atoms with van der Waals surface area (Å²) in [5, 5.41) is 4.00. The molecule has 2 saturated heterocycles. The molecule has 0 N–H and O–H groups in total. The summed E-state index contributed by atoms with van der Waals surface area (Å²) >= 11 is 0. The fraction of sp³-hybridized carbons (Fsp3) is 0.889. The third-order valence-electron chi connectivity index (χ3n) is 18.5. The molecule has 4 aliphatic carbocycles. The summed E-state index contributed by atoms with van der Waals surface area (Å²) in [6.45, 7) is 30.4. The molecule has 0 amide bonds. The fourth-order valence-electron chi connectivity index (χ4n) is 14.7. The van der Waals surface area contributed by atoms with Crippen LogP contribution in [0, 0.1) is 69.0 Å². The molecule has 0 bridgehead atoms. The van der Waals surface area contributed by atoms with Crippen LogP contribution in [0.4, 0.5) is 0 Å². The Morgan fingerprint density at radius 1 is 0.304 bits per heavy atom. The first-order valence-electron chi connectivity index (χ1n) is 25.0. The average molecular weight is 803 g/mol. The van der Waals surface area contributed by atoms with Crippen molar-refractivity contribution in [2.45, 2.75) is 234 Å². The Morgan fingerprint density at radius 3 is 0.679 bits per heavy atom. The summed E-state index contributed by atoms with van der Waals surface area (Å²) in [7, 11) is -0.273. The zero-order chi connectivity index (χ0) is 40.2. The van der Waals surface area contributed by atoms with Crippen molar-refractivity contribution in [2.75, 3.05) is 0 Å². The van der Waals surface area contributed by atoms with Crippen molar-refractivity contribution in [2.24, 2.45) is 69.0 Å². The molecule has 0 radical (unpaired) electrons. The molecule has 1 aromatic carbocycles. The summed E-state index contributed by atoms with van der Waals surface area (Å²) in [6.07, 6.45) is 30.3. The molecule has 0 aromatic heterocycles. The van der Waals surface area contributed by atoms with Crippen molar-refractivity contribution >= 4 is 26.5 Å². The maximum atomic E-state index is 2.82. The summed E-state index contributed by atoms with van der Waals surface area (Å²) in [5.74, 6) is 7.61. The van der Waals surface area contributed by atoms with E-state index < -0.39 is 0 Å². The molecule has 6 aliphatic rings. The highest BCUT2D eigenvalue weighted by atomic mass is 31.1. The Labute approximate surface area is 352 Å². The smallest absolute Gasteiger partial charge is 0.0138 e. The van der Waals surface area contributed by atoms with Gasteiger partial charge in [-0.1, -0.05) is 123 Å². The average Bonchev–Trinajstić information content (AvgIpc) is 3.79. The second kappa shape index (κ2) is 17.5. The van der Waals surface area contributed by atoms with Crippen molar-refractivity contribution in [1.82, 2.24) is 0 Å². The maximum absolute atomic E-state index is 2.82. The van der Waals surface area contributed by atoms with E-state index in [9.17, 15) is 0 Å². The van der Waals surface area contributed by atoms with Gasteiger partial charge in [-0.15, -0.1) is 0 Å². The van der Waals surface area contributed by atoms with Gasteiger partial charge < -0.3 is 0 Å². The van der Waals surface area contributed by atoms with Gasteiger partial charge in [-0.25, -0.2) is 0 Å². The SMILES string of the molecule is CC(C)(C)C1CCC([C@H]2CC[C@H](C3CCC(C(C)(C)C)CC3)P2c2ccccc2P2[C@@H](C3CCC(C(C)(C)C)CC3)CC[C@@H]2C2CCC(C(C)(C)C)CC2)CC1. The van der Waals surface area contributed by atoms with Crippen LogP contribution >= 0.6 is 15.8 Å². The molecule has 7 rings (SSSR count). The Bertz CT molecular complexity index is 1190. The van der Waals surface area contributed by atoms with E-state index in [-0.39, 0.29) is 15.8 Å². The van der Waals surface area contributed by atoms with Gasteiger partial charge in [0.25, 0.3) is 0 Å². The van der Waals surface area contributed by atoms with Crippen LogP contribution < -0.4 is 10.6 Å². The number of hydrogen-bond donors (Lipinski definition) is 0. The second-order valence-electron chi connectivity index (χ2n) is 25.6. The monoisotopic (exact) mass is 803 g/mol. The van der Waals surface area contributed by atoms with Crippen molar-refractivity contribution in [3.05, 3.63) is 24.3 Å². The standard InChI is InChI=1S/C54H92P2/c1-51(2,3)41-25-17-37(18-26-41)45-33-34-46(38-19-27-42(28-20-38)52(4,5)6)55(45)49-15-13-14-16-50(49)56-47(39-21-29-43(30-22-39)53(7,8)9)35-36-48(56)40-23-31-44(32-24-40)54(10,11)12/h13-16,37-48H,17-36H2,1-12H3/t37?,38?,39?,40?,41?,42?,43?,44?,45-,46-,47-,48-,55?,56?/m1/s1. The Hall–Kier alpha value is 0.0800. The van der Waals surface area contributed by atoms with E-state index in [1.54, 1.807) is 25.7 Å². The minimum Gasteiger partial charge on any atom is -0.0677 e. The molecule has 0 spiro atoms. The first-order valence-corrected chi connectivity index (χ1v) is 27.9. The lowest BCUT2D eigenvalue weighted by Crippen LogP contribution is -2.38. The van der Waals surface area contributed by atoms with Crippen molar-refractivity contribution < 1.29 is 0 Å². The van der Waals surface area contributed by atoms with Crippen LogP contribution in [0.25, 0.3) is 0 Å². The zero-order valence-corrected chi connectivity index (χ0v) is 41.1.